The number of aromatic hydroxyl groups is 12. The first-order valence-electron chi connectivity index (χ1n) is 15.8. The number of benzene rings is 4. The molecule has 0 aliphatic heterocycles. The molecule has 0 radical (unpaired) electrons. The second-order valence-electron chi connectivity index (χ2n) is 12.2. The van der Waals surface area contributed by atoms with Crippen molar-refractivity contribution < 1.29 is 61.3 Å². The number of phenols is 12. The van der Waals surface area contributed by atoms with E-state index in [2.05, 4.69) is 0 Å². The van der Waals surface area contributed by atoms with Gasteiger partial charge in [-0.2, -0.15) is 0 Å². The SMILES string of the molecule is CCC1c2cc(c(O)c(O)c2O)C(CC)c2cc(c(O)c(O)c2O)C(CC)c2cc(c(O)c(O)c2O)C(CC)c2cc1c(O)c(O)c2O. The van der Waals surface area contributed by atoms with Gasteiger partial charge in [0.1, 0.15) is 0 Å². The number of fused-ring (bicyclic) bond motifs is 8. The molecule has 12 N–H and O–H groups in total. The van der Waals surface area contributed by atoms with Crippen molar-refractivity contribution >= 4 is 0 Å². The van der Waals surface area contributed by atoms with Gasteiger partial charge in [0.15, 0.2) is 46.0 Å². The lowest BCUT2D eigenvalue weighted by molar-refractivity contribution is 0.349. The Bertz CT molecular complexity index is 1540. The first-order valence-corrected chi connectivity index (χ1v) is 15.8. The van der Waals surface area contributed by atoms with Gasteiger partial charge < -0.3 is 61.3 Å². The Kier molecular flexibility index (Phi) is 8.64. The van der Waals surface area contributed by atoms with E-state index < -0.39 is 92.7 Å². The standard InChI is InChI=1S/C36H40O12/c1-5-13-17-9-19(27(39)33(45)25(17)37)14(6-2)21-11-23(31(43)35(47)29(21)41)16(8-4)24-12-22(30(42)36(48)32(24)44)15(7-3)20-10-18(13)26(38)34(46)28(20)40/h9-16,37-48H,5-8H2,1-4H3. The number of hydrogen-bond acceptors (Lipinski definition) is 12. The minimum atomic E-state index is -0.984. The summed E-state index contributed by atoms with van der Waals surface area (Å²) in [6, 6.07) is 5.49. The Morgan fingerprint density at radius 1 is 0.271 bits per heavy atom. The van der Waals surface area contributed by atoms with Crippen LogP contribution in [0.1, 0.15) is 122 Å². The van der Waals surface area contributed by atoms with Gasteiger partial charge in [0.2, 0.25) is 23.0 Å². The van der Waals surface area contributed by atoms with Crippen molar-refractivity contribution in [2.75, 3.05) is 0 Å². The highest BCUT2D eigenvalue weighted by atomic mass is 16.3. The molecule has 1 aliphatic carbocycles. The van der Waals surface area contributed by atoms with Crippen LogP contribution in [0.25, 0.3) is 0 Å². The summed E-state index contributed by atoms with van der Waals surface area (Å²) in [5.41, 5.74) is 0.0688. The van der Waals surface area contributed by atoms with Crippen molar-refractivity contribution in [1.29, 1.82) is 0 Å². The zero-order chi connectivity index (χ0) is 35.5. The fourth-order valence-corrected chi connectivity index (χ4v) is 7.31. The molecule has 0 unspecified atom stereocenters. The van der Waals surface area contributed by atoms with Crippen molar-refractivity contribution in [3.63, 3.8) is 0 Å². The highest BCUT2D eigenvalue weighted by Crippen LogP contribution is 2.58. The predicted molar refractivity (Wildman–Crippen MR) is 174 cm³/mol. The molecule has 0 fully saturated rings. The summed E-state index contributed by atoms with van der Waals surface area (Å²) in [4.78, 5) is 0. The van der Waals surface area contributed by atoms with Crippen LogP contribution in [0.3, 0.4) is 0 Å². The molecule has 0 aromatic heterocycles. The average molecular weight is 665 g/mol. The van der Waals surface area contributed by atoms with Crippen LogP contribution in [0.5, 0.6) is 69.0 Å². The molecule has 0 amide bonds. The molecule has 1 aliphatic rings. The van der Waals surface area contributed by atoms with Crippen LogP contribution >= 0.6 is 0 Å². The molecule has 0 atom stereocenters. The first-order chi connectivity index (χ1) is 22.7. The Balaban J connectivity index is 2.04. The lowest BCUT2D eigenvalue weighted by Gasteiger charge is -2.29. The molecule has 0 saturated heterocycles. The smallest absolute Gasteiger partial charge is 0.200 e. The van der Waals surface area contributed by atoms with E-state index in [0.717, 1.165) is 0 Å². The van der Waals surface area contributed by atoms with Crippen molar-refractivity contribution in [3.8, 4) is 69.0 Å². The van der Waals surface area contributed by atoms with Gasteiger partial charge in [0.05, 0.1) is 0 Å². The Hall–Kier alpha value is -5.52. The van der Waals surface area contributed by atoms with Gasteiger partial charge in [-0.1, -0.05) is 27.7 Å². The van der Waals surface area contributed by atoms with E-state index in [4.69, 9.17) is 0 Å². The molecular formula is C36H40O12. The Morgan fingerprint density at radius 2 is 0.396 bits per heavy atom. The molecule has 8 bridgehead atoms. The van der Waals surface area contributed by atoms with Crippen LogP contribution in [0.15, 0.2) is 24.3 Å². The molecular weight excluding hydrogens is 624 g/mol. The predicted octanol–water partition coefficient (Wildman–Crippen LogP) is 6.63. The van der Waals surface area contributed by atoms with E-state index in [1.807, 2.05) is 0 Å². The van der Waals surface area contributed by atoms with Crippen LogP contribution in [-0.4, -0.2) is 61.3 Å². The minimum absolute atomic E-state index is 0.00860. The first kappa shape index (κ1) is 33.8. The third kappa shape index (κ3) is 4.81. The monoisotopic (exact) mass is 664 g/mol. The summed E-state index contributed by atoms with van der Waals surface area (Å²) >= 11 is 0. The lowest BCUT2D eigenvalue weighted by Crippen LogP contribution is -2.10. The summed E-state index contributed by atoms with van der Waals surface area (Å²) in [5.74, 6) is -13.3. The number of rotatable bonds is 4. The minimum Gasteiger partial charge on any atom is -0.504 e. The van der Waals surface area contributed by atoms with E-state index in [1.165, 1.54) is 24.3 Å². The van der Waals surface area contributed by atoms with Crippen molar-refractivity contribution in [3.05, 3.63) is 68.8 Å². The molecule has 0 saturated carbocycles. The van der Waals surface area contributed by atoms with Gasteiger partial charge in [-0.05, 0) is 49.9 Å². The maximum atomic E-state index is 11.1. The number of hydrogen-bond donors (Lipinski definition) is 12. The van der Waals surface area contributed by atoms with E-state index in [1.54, 1.807) is 27.7 Å². The van der Waals surface area contributed by atoms with Gasteiger partial charge in [-0.15, -0.1) is 0 Å². The molecule has 5 rings (SSSR count). The fourth-order valence-electron chi connectivity index (χ4n) is 7.31. The largest absolute Gasteiger partial charge is 0.504 e. The molecule has 48 heavy (non-hydrogen) atoms. The quantitative estimate of drug-likeness (QED) is 0.103. The van der Waals surface area contributed by atoms with Crippen LogP contribution < -0.4 is 0 Å². The van der Waals surface area contributed by atoms with E-state index in [9.17, 15) is 61.3 Å². The topological polar surface area (TPSA) is 243 Å². The molecule has 4 aromatic carbocycles. The fraction of sp³-hybridized carbons (Fsp3) is 0.333. The maximum absolute atomic E-state index is 11.1. The van der Waals surface area contributed by atoms with E-state index in [0.29, 0.717) is 0 Å². The Labute approximate surface area is 276 Å². The molecule has 0 heterocycles. The zero-order valence-corrected chi connectivity index (χ0v) is 26.8. The van der Waals surface area contributed by atoms with Gasteiger partial charge in [0.25, 0.3) is 0 Å². The summed E-state index contributed by atoms with van der Waals surface area (Å²) < 4.78 is 0. The van der Waals surface area contributed by atoms with E-state index in [-0.39, 0.29) is 70.2 Å². The third-order valence-corrected chi connectivity index (χ3v) is 9.86. The number of phenolic OH excluding ortho intramolecular Hbond substituents is 12. The molecule has 12 heteroatoms. The van der Waals surface area contributed by atoms with Gasteiger partial charge in [-0.25, -0.2) is 0 Å². The highest BCUT2D eigenvalue weighted by Gasteiger charge is 2.36. The summed E-state index contributed by atoms with van der Waals surface area (Å²) in [6.45, 7) is 6.78. The lowest BCUT2D eigenvalue weighted by atomic mass is 9.77. The average Bonchev–Trinajstić information content (AvgIpc) is 3.07. The molecule has 4 aromatic rings. The Morgan fingerprint density at radius 3 is 0.500 bits per heavy atom. The normalized spacial score (nSPS) is 18.9. The van der Waals surface area contributed by atoms with Crippen LogP contribution in [-0.2, 0) is 0 Å². The van der Waals surface area contributed by atoms with E-state index >= 15 is 0 Å². The van der Waals surface area contributed by atoms with Crippen molar-refractivity contribution in [2.45, 2.75) is 77.0 Å². The van der Waals surface area contributed by atoms with Gasteiger partial charge >= 0.3 is 0 Å². The van der Waals surface area contributed by atoms with Crippen LogP contribution in [0.4, 0.5) is 0 Å². The molecule has 0 spiro atoms. The summed E-state index contributed by atoms with van der Waals surface area (Å²) in [5, 5.41) is 133. The zero-order valence-electron chi connectivity index (χ0n) is 26.8. The maximum Gasteiger partial charge on any atom is 0.200 e. The summed E-state index contributed by atoms with van der Waals surface area (Å²) in [7, 11) is 0. The molecule has 12 nitrogen and oxygen atoms in total. The third-order valence-electron chi connectivity index (χ3n) is 9.86. The molecule has 256 valence electrons. The summed E-state index contributed by atoms with van der Waals surface area (Å²) in [6.07, 6.45) is 0.575. The van der Waals surface area contributed by atoms with Gasteiger partial charge in [0, 0.05) is 68.2 Å². The van der Waals surface area contributed by atoms with Crippen LogP contribution in [0, 0.1) is 0 Å². The second-order valence-corrected chi connectivity index (χ2v) is 12.2. The van der Waals surface area contributed by atoms with Crippen molar-refractivity contribution in [2.24, 2.45) is 0 Å². The van der Waals surface area contributed by atoms with Crippen molar-refractivity contribution in [1.82, 2.24) is 0 Å². The second kappa shape index (κ2) is 12.3. The van der Waals surface area contributed by atoms with Crippen LogP contribution in [0.2, 0.25) is 0 Å². The highest BCUT2D eigenvalue weighted by molar-refractivity contribution is 5.70. The van der Waals surface area contributed by atoms with Gasteiger partial charge in [-0.3, -0.25) is 0 Å².